The topological polar surface area (TPSA) is 17.1 Å². The van der Waals surface area contributed by atoms with Gasteiger partial charge in [0.15, 0.2) is 5.78 Å². The van der Waals surface area contributed by atoms with Crippen LogP contribution in [0.1, 0.15) is 23.1 Å². The number of aryl methyl sites for hydroxylation is 1. The molecule has 94 valence electrons. The zero-order valence-electron chi connectivity index (χ0n) is 10.4. The van der Waals surface area contributed by atoms with Crippen LogP contribution in [0, 0.1) is 0 Å². The van der Waals surface area contributed by atoms with Gasteiger partial charge in [-0.15, -0.1) is 0 Å². The molecule has 1 nitrogen and oxygen atoms in total. The lowest BCUT2D eigenvalue weighted by molar-refractivity contribution is -0.113. The van der Waals surface area contributed by atoms with Crippen LogP contribution in [0.15, 0.2) is 53.0 Å². The van der Waals surface area contributed by atoms with Gasteiger partial charge in [-0.1, -0.05) is 52.3 Å². The van der Waals surface area contributed by atoms with Crippen molar-refractivity contribution in [3.8, 4) is 0 Å². The zero-order valence-corrected chi connectivity index (χ0v) is 12.0. The largest absolute Gasteiger partial charge is 0.294 e. The number of allylic oxidation sites excluding steroid dienone is 1. The summed E-state index contributed by atoms with van der Waals surface area (Å²) >= 11 is 3.42. The molecule has 2 aromatic rings. The van der Waals surface area contributed by atoms with E-state index in [-0.39, 0.29) is 5.78 Å². The van der Waals surface area contributed by atoms with Crippen molar-refractivity contribution in [1.82, 2.24) is 0 Å². The van der Waals surface area contributed by atoms with E-state index in [0.29, 0.717) is 6.42 Å². The van der Waals surface area contributed by atoms with E-state index in [9.17, 15) is 4.79 Å². The standard InChI is InChI=1S/C17H13BrO/c18-14-8-5-12(6-9-14)11-16-15-4-2-1-3-13(15)7-10-17(16)19/h1-6,8-9,11H,7,10H2/b16-11+. The molecule has 0 N–H and O–H groups in total. The quantitative estimate of drug-likeness (QED) is 0.708. The molecule has 0 saturated heterocycles. The number of rotatable bonds is 1. The molecule has 0 amide bonds. The Morgan fingerprint density at radius 3 is 2.47 bits per heavy atom. The lowest BCUT2D eigenvalue weighted by Gasteiger charge is -2.17. The molecule has 0 atom stereocenters. The molecule has 1 aliphatic rings. The SMILES string of the molecule is O=C1CCc2ccccc2/C1=C\c1ccc(Br)cc1. The molecule has 0 saturated carbocycles. The molecule has 1 aliphatic carbocycles. The van der Waals surface area contributed by atoms with Gasteiger partial charge in [0.25, 0.3) is 0 Å². The van der Waals surface area contributed by atoms with E-state index in [2.05, 4.69) is 22.0 Å². The number of fused-ring (bicyclic) bond motifs is 1. The highest BCUT2D eigenvalue weighted by molar-refractivity contribution is 9.10. The van der Waals surface area contributed by atoms with Crippen molar-refractivity contribution >= 4 is 33.4 Å². The molecule has 0 bridgehead atoms. The van der Waals surface area contributed by atoms with Gasteiger partial charge < -0.3 is 0 Å². The Balaban J connectivity index is 2.08. The maximum absolute atomic E-state index is 12.2. The average molecular weight is 313 g/mol. The van der Waals surface area contributed by atoms with Gasteiger partial charge in [-0.25, -0.2) is 0 Å². The van der Waals surface area contributed by atoms with Crippen LogP contribution in [0.3, 0.4) is 0 Å². The number of Topliss-reactive ketones (excluding diaryl/α,β-unsaturated/α-hetero) is 1. The highest BCUT2D eigenvalue weighted by Gasteiger charge is 2.20. The van der Waals surface area contributed by atoms with Gasteiger partial charge in [-0.05, 0) is 41.3 Å². The molecular formula is C17H13BrO. The monoisotopic (exact) mass is 312 g/mol. The van der Waals surface area contributed by atoms with Crippen LogP contribution in [-0.4, -0.2) is 5.78 Å². The number of hydrogen-bond acceptors (Lipinski definition) is 1. The Kier molecular flexibility index (Phi) is 3.34. The van der Waals surface area contributed by atoms with Crippen molar-refractivity contribution in [3.05, 3.63) is 69.7 Å². The van der Waals surface area contributed by atoms with Gasteiger partial charge in [0.2, 0.25) is 0 Å². The number of carbonyl (C=O) groups is 1. The molecule has 19 heavy (non-hydrogen) atoms. The Morgan fingerprint density at radius 1 is 0.947 bits per heavy atom. The Bertz CT molecular complexity index is 653. The summed E-state index contributed by atoms with van der Waals surface area (Å²) in [6, 6.07) is 16.2. The minimum absolute atomic E-state index is 0.238. The first kappa shape index (κ1) is 12.4. The normalized spacial score (nSPS) is 16.5. The molecule has 2 aromatic carbocycles. The van der Waals surface area contributed by atoms with Crippen molar-refractivity contribution in [2.75, 3.05) is 0 Å². The van der Waals surface area contributed by atoms with Gasteiger partial charge in [0, 0.05) is 16.5 Å². The lowest BCUT2D eigenvalue weighted by atomic mass is 9.85. The van der Waals surface area contributed by atoms with Gasteiger partial charge >= 0.3 is 0 Å². The maximum Gasteiger partial charge on any atom is 0.163 e. The number of hydrogen-bond donors (Lipinski definition) is 0. The lowest BCUT2D eigenvalue weighted by Crippen LogP contribution is -2.12. The fourth-order valence-electron chi connectivity index (χ4n) is 2.42. The third-order valence-electron chi connectivity index (χ3n) is 3.41. The van der Waals surface area contributed by atoms with Crippen molar-refractivity contribution < 1.29 is 4.79 Å². The summed E-state index contributed by atoms with van der Waals surface area (Å²) in [7, 11) is 0. The van der Waals surface area contributed by atoms with Gasteiger partial charge in [-0.3, -0.25) is 4.79 Å². The van der Waals surface area contributed by atoms with Crippen LogP contribution in [-0.2, 0) is 11.2 Å². The highest BCUT2D eigenvalue weighted by Crippen LogP contribution is 2.29. The second-order valence-corrected chi connectivity index (χ2v) is 5.61. The number of halogens is 1. The van der Waals surface area contributed by atoms with E-state index in [4.69, 9.17) is 0 Å². The molecule has 0 aromatic heterocycles. The van der Waals surface area contributed by atoms with E-state index >= 15 is 0 Å². The highest BCUT2D eigenvalue weighted by atomic mass is 79.9. The summed E-state index contributed by atoms with van der Waals surface area (Å²) in [6.07, 6.45) is 3.46. The van der Waals surface area contributed by atoms with E-state index < -0.39 is 0 Å². The summed E-state index contributed by atoms with van der Waals surface area (Å²) < 4.78 is 1.05. The van der Waals surface area contributed by atoms with Crippen molar-refractivity contribution in [1.29, 1.82) is 0 Å². The first-order valence-corrected chi connectivity index (χ1v) is 7.12. The van der Waals surface area contributed by atoms with E-state index in [1.54, 1.807) is 0 Å². The molecule has 3 rings (SSSR count). The number of carbonyl (C=O) groups excluding carboxylic acids is 1. The summed E-state index contributed by atoms with van der Waals surface area (Å²) in [5.41, 5.74) is 4.25. The van der Waals surface area contributed by atoms with E-state index in [1.807, 2.05) is 48.5 Å². The van der Waals surface area contributed by atoms with E-state index in [0.717, 1.165) is 27.6 Å². The molecule has 0 aliphatic heterocycles. The average Bonchev–Trinajstić information content (AvgIpc) is 2.44. The third kappa shape index (κ3) is 2.54. The fraction of sp³-hybridized carbons (Fsp3) is 0.118. The first-order chi connectivity index (χ1) is 9.24. The Hall–Kier alpha value is -1.67. The van der Waals surface area contributed by atoms with E-state index in [1.165, 1.54) is 5.56 Å². The Labute approximate surface area is 121 Å². The molecule has 2 heteroatoms. The predicted octanol–water partition coefficient (Wildman–Crippen LogP) is 4.51. The molecule has 0 unspecified atom stereocenters. The van der Waals surface area contributed by atoms with Crippen molar-refractivity contribution in [2.45, 2.75) is 12.8 Å². The van der Waals surface area contributed by atoms with Crippen LogP contribution in [0.25, 0.3) is 11.6 Å². The van der Waals surface area contributed by atoms with Crippen LogP contribution < -0.4 is 0 Å². The zero-order chi connectivity index (χ0) is 13.2. The molecule has 0 fully saturated rings. The maximum atomic E-state index is 12.2. The number of ketones is 1. The van der Waals surface area contributed by atoms with Crippen LogP contribution >= 0.6 is 15.9 Å². The van der Waals surface area contributed by atoms with Crippen LogP contribution in [0.4, 0.5) is 0 Å². The second kappa shape index (κ2) is 5.14. The molecule has 0 radical (unpaired) electrons. The summed E-state index contributed by atoms with van der Waals surface area (Å²) in [6.45, 7) is 0. The third-order valence-corrected chi connectivity index (χ3v) is 3.94. The minimum atomic E-state index is 0.238. The summed E-state index contributed by atoms with van der Waals surface area (Å²) in [4.78, 5) is 12.2. The van der Waals surface area contributed by atoms with Crippen molar-refractivity contribution in [2.24, 2.45) is 0 Å². The minimum Gasteiger partial charge on any atom is -0.294 e. The second-order valence-electron chi connectivity index (χ2n) is 4.69. The van der Waals surface area contributed by atoms with Gasteiger partial charge in [-0.2, -0.15) is 0 Å². The molecule has 0 spiro atoms. The van der Waals surface area contributed by atoms with Gasteiger partial charge in [0.1, 0.15) is 0 Å². The van der Waals surface area contributed by atoms with Crippen LogP contribution in [0.2, 0.25) is 0 Å². The molecular weight excluding hydrogens is 300 g/mol. The predicted molar refractivity (Wildman–Crippen MR) is 81.8 cm³/mol. The van der Waals surface area contributed by atoms with Crippen molar-refractivity contribution in [3.63, 3.8) is 0 Å². The fourth-order valence-corrected chi connectivity index (χ4v) is 2.68. The van der Waals surface area contributed by atoms with Crippen LogP contribution in [0.5, 0.6) is 0 Å². The molecule has 0 heterocycles. The summed E-state index contributed by atoms with van der Waals surface area (Å²) in [5, 5.41) is 0. The summed E-state index contributed by atoms with van der Waals surface area (Å²) in [5.74, 6) is 0.238. The van der Waals surface area contributed by atoms with Gasteiger partial charge in [0.05, 0.1) is 0 Å². The number of benzene rings is 2. The Morgan fingerprint density at radius 2 is 1.68 bits per heavy atom. The first-order valence-electron chi connectivity index (χ1n) is 6.33. The smallest absolute Gasteiger partial charge is 0.163 e.